The molecule has 1 aliphatic carbocycles. The van der Waals surface area contributed by atoms with Crippen LogP contribution in [0.4, 0.5) is 5.69 Å². The van der Waals surface area contributed by atoms with Gasteiger partial charge in [0.2, 0.25) is 0 Å². The Morgan fingerprint density at radius 3 is 2.48 bits per heavy atom. The third-order valence-electron chi connectivity index (χ3n) is 6.38. The van der Waals surface area contributed by atoms with Gasteiger partial charge in [-0.05, 0) is 30.0 Å². The fourth-order valence-corrected chi connectivity index (χ4v) is 4.83. The summed E-state index contributed by atoms with van der Waals surface area (Å²) in [5.74, 6) is -1.38. The molecular formula is C27H23NO3. The molecule has 1 amide bonds. The Balaban J connectivity index is 1.49. The van der Waals surface area contributed by atoms with Crippen LogP contribution < -0.4 is 4.90 Å². The quantitative estimate of drug-likeness (QED) is 0.696. The molecule has 0 saturated carbocycles. The molecule has 0 spiro atoms. The van der Waals surface area contributed by atoms with E-state index in [1.165, 1.54) is 0 Å². The van der Waals surface area contributed by atoms with Crippen LogP contribution in [0.15, 0.2) is 84.9 Å². The van der Waals surface area contributed by atoms with Crippen molar-refractivity contribution >= 4 is 23.5 Å². The number of nitrogens with zero attached hydrogens (tertiary/aromatic N) is 1. The van der Waals surface area contributed by atoms with Crippen LogP contribution in [-0.4, -0.2) is 23.3 Å². The van der Waals surface area contributed by atoms with Crippen molar-refractivity contribution in [1.82, 2.24) is 0 Å². The number of ketones is 1. The molecule has 0 radical (unpaired) electrons. The number of rotatable bonds is 4. The monoisotopic (exact) mass is 409 g/mol. The average molecular weight is 409 g/mol. The van der Waals surface area contributed by atoms with Gasteiger partial charge in [-0.1, -0.05) is 84.9 Å². The Morgan fingerprint density at radius 1 is 0.935 bits per heavy atom. The summed E-state index contributed by atoms with van der Waals surface area (Å²) in [5.41, 5.74) is 1.97. The third-order valence-corrected chi connectivity index (χ3v) is 6.38. The van der Waals surface area contributed by atoms with E-state index in [1.807, 2.05) is 78.9 Å². The largest absolute Gasteiger partial charge is 0.375 e. The Bertz CT molecular complexity index is 1180. The first-order valence-electron chi connectivity index (χ1n) is 10.6. The summed E-state index contributed by atoms with van der Waals surface area (Å²) in [6.45, 7) is 0.324. The van der Waals surface area contributed by atoms with Gasteiger partial charge in [-0.2, -0.15) is 0 Å². The molecule has 4 nitrogen and oxygen atoms in total. The van der Waals surface area contributed by atoms with Crippen molar-refractivity contribution in [3.63, 3.8) is 0 Å². The maximum absolute atomic E-state index is 13.6. The number of hydrogen-bond acceptors (Lipinski definition) is 3. The van der Waals surface area contributed by atoms with Gasteiger partial charge in [0.1, 0.15) is 0 Å². The zero-order valence-electron chi connectivity index (χ0n) is 17.1. The average Bonchev–Trinajstić information content (AvgIpc) is 3.03. The molecule has 1 N–H and O–H groups in total. The third kappa shape index (κ3) is 3.11. The SMILES string of the molecule is O=C1c2ccccc2CCC1C1(O)C(=O)N(C/C=C/c2ccccc2)c2ccccc21. The van der Waals surface area contributed by atoms with Crippen molar-refractivity contribution in [3.8, 4) is 0 Å². The first-order valence-corrected chi connectivity index (χ1v) is 10.6. The van der Waals surface area contributed by atoms with E-state index in [4.69, 9.17) is 0 Å². The Labute approximate surface area is 181 Å². The number of amides is 1. The summed E-state index contributed by atoms with van der Waals surface area (Å²) in [6, 6.07) is 24.6. The Kier molecular flexibility index (Phi) is 4.79. The molecule has 0 saturated heterocycles. The van der Waals surface area contributed by atoms with Gasteiger partial charge in [0.25, 0.3) is 5.91 Å². The number of carbonyl (C=O) groups excluding carboxylic acids is 2. The highest BCUT2D eigenvalue weighted by Gasteiger charge is 2.57. The maximum atomic E-state index is 13.6. The summed E-state index contributed by atoms with van der Waals surface area (Å²) in [5, 5.41) is 11.8. The summed E-state index contributed by atoms with van der Waals surface area (Å²) in [6.07, 6.45) is 4.97. The van der Waals surface area contributed by atoms with Crippen LogP contribution in [0.1, 0.15) is 33.5 Å². The van der Waals surface area contributed by atoms with Crippen LogP contribution in [-0.2, 0) is 16.8 Å². The molecular weight excluding hydrogens is 386 g/mol. The molecule has 0 bridgehead atoms. The van der Waals surface area contributed by atoms with Gasteiger partial charge < -0.3 is 10.0 Å². The lowest BCUT2D eigenvalue weighted by molar-refractivity contribution is -0.140. The molecule has 154 valence electrons. The molecule has 4 heteroatoms. The molecule has 3 aromatic rings. The standard InChI is InChI=1S/C27H23NO3/c29-25-21-13-5-4-12-20(21)16-17-23(25)27(31)22-14-6-7-15-24(22)28(26(27)30)18-8-11-19-9-2-1-3-10-19/h1-15,23,31H,16-18H2/b11-8+. The van der Waals surface area contributed by atoms with Gasteiger partial charge in [-0.15, -0.1) is 0 Å². The molecule has 0 fully saturated rings. The van der Waals surface area contributed by atoms with Crippen molar-refractivity contribution in [2.75, 3.05) is 11.4 Å². The molecule has 1 aliphatic heterocycles. The zero-order valence-corrected chi connectivity index (χ0v) is 17.1. The lowest BCUT2D eigenvalue weighted by Gasteiger charge is -2.34. The van der Waals surface area contributed by atoms with Gasteiger partial charge in [-0.3, -0.25) is 9.59 Å². The van der Waals surface area contributed by atoms with E-state index in [9.17, 15) is 14.7 Å². The number of fused-ring (bicyclic) bond motifs is 2. The van der Waals surface area contributed by atoms with E-state index in [1.54, 1.807) is 17.0 Å². The topological polar surface area (TPSA) is 57.6 Å². The van der Waals surface area contributed by atoms with Gasteiger partial charge >= 0.3 is 0 Å². The molecule has 2 aliphatic rings. The second kappa shape index (κ2) is 7.64. The minimum Gasteiger partial charge on any atom is -0.375 e. The summed E-state index contributed by atoms with van der Waals surface area (Å²) >= 11 is 0. The Morgan fingerprint density at radius 2 is 1.65 bits per heavy atom. The molecule has 0 aromatic heterocycles. The second-order valence-corrected chi connectivity index (χ2v) is 8.12. The van der Waals surface area contributed by atoms with Crippen molar-refractivity contribution < 1.29 is 14.7 Å². The van der Waals surface area contributed by atoms with Gasteiger partial charge in [0.05, 0.1) is 11.6 Å². The Hall–Kier alpha value is -3.50. The van der Waals surface area contributed by atoms with Crippen LogP contribution in [0.3, 0.4) is 0 Å². The van der Waals surface area contributed by atoms with Gasteiger partial charge in [-0.25, -0.2) is 0 Å². The number of Topliss-reactive ketones (excluding diaryl/α,β-unsaturated/α-hetero) is 1. The van der Waals surface area contributed by atoms with Gasteiger partial charge in [0, 0.05) is 17.7 Å². The molecule has 1 heterocycles. The van der Waals surface area contributed by atoms with Crippen LogP contribution in [0.5, 0.6) is 0 Å². The van der Waals surface area contributed by atoms with Crippen molar-refractivity contribution in [1.29, 1.82) is 0 Å². The normalized spacial score (nSPS) is 22.6. The highest BCUT2D eigenvalue weighted by Crippen LogP contribution is 2.48. The lowest BCUT2D eigenvalue weighted by atomic mass is 9.71. The molecule has 2 atom stereocenters. The summed E-state index contributed by atoms with van der Waals surface area (Å²) < 4.78 is 0. The van der Waals surface area contributed by atoms with Crippen LogP contribution >= 0.6 is 0 Å². The van der Waals surface area contributed by atoms with Crippen LogP contribution in [0.2, 0.25) is 0 Å². The fourth-order valence-electron chi connectivity index (χ4n) is 4.83. The van der Waals surface area contributed by atoms with Crippen LogP contribution in [0.25, 0.3) is 6.08 Å². The highest BCUT2D eigenvalue weighted by molar-refractivity contribution is 6.12. The highest BCUT2D eigenvalue weighted by atomic mass is 16.3. The minimum absolute atomic E-state index is 0.158. The second-order valence-electron chi connectivity index (χ2n) is 8.12. The first kappa shape index (κ1) is 19.5. The number of aliphatic hydroxyl groups is 1. The smallest absolute Gasteiger partial charge is 0.264 e. The zero-order chi connectivity index (χ0) is 21.4. The van der Waals surface area contributed by atoms with Crippen LogP contribution in [0, 0.1) is 5.92 Å². The number of aryl methyl sites for hydroxylation is 1. The van der Waals surface area contributed by atoms with E-state index in [-0.39, 0.29) is 5.78 Å². The van der Waals surface area contributed by atoms with E-state index in [0.717, 1.165) is 11.1 Å². The number of hydrogen-bond donors (Lipinski definition) is 1. The predicted octanol–water partition coefficient (Wildman–Crippen LogP) is 4.38. The minimum atomic E-state index is -1.85. The first-order chi connectivity index (χ1) is 15.1. The fraction of sp³-hybridized carbons (Fsp3) is 0.185. The van der Waals surface area contributed by atoms with Gasteiger partial charge in [0.15, 0.2) is 11.4 Å². The lowest BCUT2D eigenvalue weighted by Crippen LogP contribution is -2.49. The number of benzene rings is 3. The number of anilines is 1. The predicted molar refractivity (Wildman–Crippen MR) is 121 cm³/mol. The molecule has 5 rings (SSSR count). The summed E-state index contributed by atoms with van der Waals surface area (Å²) in [7, 11) is 0. The number of carbonyl (C=O) groups is 2. The van der Waals surface area contributed by atoms with E-state index in [2.05, 4.69) is 0 Å². The molecule has 31 heavy (non-hydrogen) atoms. The molecule has 2 unspecified atom stereocenters. The van der Waals surface area contributed by atoms with E-state index < -0.39 is 17.4 Å². The number of para-hydroxylation sites is 1. The van der Waals surface area contributed by atoms with E-state index >= 15 is 0 Å². The van der Waals surface area contributed by atoms with Crippen molar-refractivity contribution in [2.45, 2.75) is 18.4 Å². The van der Waals surface area contributed by atoms with Crippen molar-refractivity contribution in [3.05, 3.63) is 107 Å². The summed E-state index contributed by atoms with van der Waals surface area (Å²) in [4.78, 5) is 28.5. The molecule has 3 aromatic carbocycles. The van der Waals surface area contributed by atoms with Crippen molar-refractivity contribution in [2.24, 2.45) is 5.92 Å². The van der Waals surface area contributed by atoms with E-state index in [0.29, 0.717) is 36.2 Å². The maximum Gasteiger partial charge on any atom is 0.264 e.